The maximum Gasteiger partial charge on any atom is 0.315 e. The van der Waals surface area contributed by atoms with Crippen molar-refractivity contribution in [2.24, 2.45) is 0 Å². The van der Waals surface area contributed by atoms with Gasteiger partial charge in [-0.2, -0.15) is 0 Å². The van der Waals surface area contributed by atoms with Crippen LogP contribution in [0.25, 0.3) is 0 Å². The Kier molecular flexibility index (Phi) is 6.54. The lowest BCUT2D eigenvalue weighted by Gasteiger charge is -2.14. The van der Waals surface area contributed by atoms with Crippen molar-refractivity contribution in [3.05, 3.63) is 34.9 Å². The van der Waals surface area contributed by atoms with E-state index in [-0.39, 0.29) is 18.7 Å². The summed E-state index contributed by atoms with van der Waals surface area (Å²) >= 11 is 5.98. The molecule has 4 nitrogen and oxygen atoms in total. The van der Waals surface area contributed by atoms with E-state index in [4.69, 9.17) is 16.7 Å². The monoisotopic (exact) mass is 270 g/mol. The van der Waals surface area contributed by atoms with E-state index in [2.05, 4.69) is 10.6 Å². The third-order valence-electron chi connectivity index (χ3n) is 2.57. The standard InChI is InChI=1S/C13H19ClN2O2/c1-10(5-4-8-17)16-13(18)15-9-11-6-2-3-7-12(11)14/h2-3,6-7,10,17H,4-5,8-9H2,1H3,(H2,15,16,18). The molecule has 0 aliphatic carbocycles. The second kappa shape index (κ2) is 7.95. The topological polar surface area (TPSA) is 61.4 Å². The molecule has 0 radical (unpaired) electrons. The number of halogens is 1. The van der Waals surface area contributed by atoms with E-state index in [9.17, 15) is 4.79 Å². The quantitative estimate of drug-likeness (QED) is 0.743. The number of aliphatic hydroxyl groups is 1. The van der Waals surface area contributed by atoms with E-state index in [1.807, 2.05) is 25.1 Å². The second-order valence-corrected chi connectivity index (χ2v) is 4.59. The van der Waals surface area contributed by atoms with E-state index in [1.54, 1.807) is 6.07 Å². The van der Waals surface area contributed by atoms with E-state index < -0.39 is 0 Å². The van der Waals surface area contributed by atoms with Crippen LogP contribution in [0.4, 0.5) is 4.79 Å². The number of benzene rings is 1. The van der Waals surface area contributed by atoms with Crippen LogP contribution in [0.15, 0.2) is 24.3 Å². The van der Waals surface area contributed by atoms with Gasteiger partial charge in [0.25, 0.3) is 0 Å². The maximum atomic E-state index is 11.6. The first-order chi connectivity index (χ1) is 8.63. The average Bonchev–Trinajstić information content (AvgIpc) is 2.35. The molecule has 2 amide bonds. The number of carbonyl (C=O) groups excluding carboxylic acids is 1. The maximum absolute atomic E-state index is 11.6. The molecule has 1 aromatic rings. The van der Waals surface area contributed by atoms with Crippen LogP contribution in [-0.2, 0) is 6.54 Å². The molecule has 1 rings (SSSR count). The molecule has 0 fully saturated rings. The zero-order valence-corrected chi connectivity index (χ0v) is 11.2. The van der Waals surface area contributed by atoms with E-state index in [0.717, 1.165) is 12.0 Å². The molecule has 0 aliphatic heterocycles. The Morgan fingerprint density at radius 3 is 2.83 bits per heavy atom. The Morgan fingerprint density at radius 1 is 1.44 bits per heavy atom. The first-order valence-corrected chi connectivity index (χ1v) is 6.40. The molecular formula is C13H19ClN2O2. The van der Waals surface area contributed by atoms with Gasteiger partial charge < -0.3 is 15.7 Å². The zero-order chi connectivity index (χ0) is 13.4. The van der Waals surface area contributed by atoms with Crippen LogP contribution in [0.1, 0.15) is 25.3 Å². The Labute approximate surface area is 112 Å². The Morgan fingerprint density at radius 2 is 2.17 bits per heavy atom. The third-order valence-corrected chi connectivity index (χ3v) is 2.94. The first-order valence-electron chi connectivity index (χ1n) is 6.02. The van der Waals surface area contributed by atoms with Crippen LogP contribution < -0.4 is 10.6 Å². The molecular weight excluding hydrogens is 252 g/mol. The fraction of sp³-hybridized carbons (Fsp3) is 0.462. The highest BCUT2D eigenvalue weighted by molar-refractivity contribution is 6.31. The lowest BCUT2D eigenvalue weighted by Crippen LogP contribution is -2.40. The summed E-state index contributed by atoms with van der Waals surface area (Å²) in [5, 5.41) is 14.9. The minimum atomic E-state index is -0.222. The van der Waals surface area contributed by atoms with Crippen molar-refractivity contribution in [2.45, 2.75) is 32.4 Å². The molecule has 0 aliphatic rings. The van der Waals surface area contributed by atoms with Gasteiger partial charge in [-0.3, -0.25) is 0 Å². The molecule has 0 saturated heterocycles. The smallest absolute Gasteiger partial charge is 0.315 e. The molecule has 0 heterocycles. The predicted octanol–water partition coefficient (Wildman–Crippen LogP) is 2.30. The number of rotatable bonds is 6. The Hall–Kier alpha value is -1.26. The average molecular weight is 271 g/mol. The summed E-state index contributed by atoms with van der Waals surface area (Å²) in [4.78, 5) is 11.6. The second-order valence-electron chi connectivity index (χ2n) is 4.19. The number of nitrogens with one attached hydrogen (secondary N) is 2. The van der Waals surface area contributed by atoms with Gasteiger partial charge in [0.1, 0.15) is 0 Å². The van der Waals surface area contributed by atoms with Gasteiger partial charge in [-0.1, -0.05) is 29.8 Å². The van der Waals surface area contributed by atoms with Crippen molar-refractivity contribution in [3.8, 4) is 0 Å². The SMILES string of the molecule is CC(CCCO)NC(=O)NCc1ccccc1Cl. The van der Waals surface area contributed by atoms with Crippen LogP contribution in [0, 0.1) is 0 Å². The van der Waals surface area contributed by atoms with E-state index >= 15 is 0 Å². The number of hydrogen-bond donors (Lipinski definition) is 3. The minimum Gasteiger partial charge on any atom is -0.396 e. The van der Waals surface area contributed by atoms with Crippen molar-refractivity contribution < 1.29 is 9.90 Å². The highest BCUT2D eigenvalue weighted by Crippen LogP contribution is 2.14. The number of amides is 2. The van der Waals surface area contributed by atoms with Crippen molar-refractivity contribution in [1.82, 2.24) is 10.6 Å². The molecule has 1 unspecified atom stereocenters. The number of carbonyl (C=O) groups is 1. The van der Waals surface area contributed by atoms with Crippen LogP contribution >= 0.6 is 11.6 Å². The van der Waals surface area contributed by atoms with Gasteiger partial charge in [-0.15, -0.1) is 0 Å². The van der Waals surface area contributed by atoms with Crippen molar-refractivity contribution in [3.63, 3.8) is 0 Å². The molecule has 0 aromatic heterocycles. The van der Waals surface area contributed by atoms with Gasteiger partial charge in [0, 0.05) is 24.2 Å². The summed E-state index contributed by atoms with van der Waals surface area (Å²) in [5.74, 6) is 0. The van der Waals surface area contributed by atoms with Gasteiger partial charge in [-0.25, -0.2) is 4.79 Å². The van der Waals surface area contributed by atoms with Gasteiger partial charge in [0.15, 0.2) is 0 Å². The number of urea groups is 1. The van der Waals surface area contributed by atoms with Gasteiger partial charge in [-0.05, 0) is 31.4 Å². The van der Waals surface area contributed by atoms with Crippen molar-refractivity contribution >= 4 is 17.6 Å². The summed E-state index contributed by atoms with van der Waals surface area (Å²) in [6.45, 7) is 2.45. The Balaban J connectivity index is 2.31. The summed E-state index contributed by atoms with van der Waals surface area (Å²) in [5.41, 5.74) is 0.886. The van der Waals surface area contributed by atoms with Crippen LogP contribution in [-0.4, -0.2) is 23.8 Å². The Bertz CT molecular complexity index is 385. The molecule has 3 N–H and O–H groups in total. The van der Waals surface area contributed by atoms with Crippen LogP contribution in [0.2, 0.25) is 5.02 Å². The largest absolute Gasteiger partial charge is 0.396 e. The third kappa shape index (κ3) is 5.38. The van der Waals surface area contributed by atoms with Crippen molar-refractivity contribution in [2.75, 3.05) is 6.61 Å². The van der Waals surface area contributed by atoms with Gasteiger partial charge in [0.2, 0.25) is 0 Å². The molecule has 1 aromatic carbocycles. The lowest BCUT2D eigenvalue weighted by atomic mass is 10.2. The highest BCUT2D eigenvalue weighted by atomic mass is 35.5. The number of hydrogen-bond acceptors (Lipinski definition) is 2. The lowest BCUT2D eigenvalue weighted by molar-refractivity contribution is 0.234. The first kappa shape index (κ1) is 14.8. The summed E-state index contributed by atoms with van der Waals surface area (Å²) in [6, 6.07) is 7.22. The van der Waals surface area contributed by atoms with Gasteiger partial charge in [0.05, 0.1) is 0 Å². The van der Waals surface area contributed by atoms with Crippen LogP contribution in [0.3, 0.4) is 0 Å². The molecule has 0 saturated carbocycles. The normalized spacial score (nSPS) is 11.9. The summed E-state index contributed by atoms with van der Waals surface area (Å²) in [7, 11) is 0. The number of aliphatic hydroxyl groups excluding tert-OH is 1. The molecule has 100 valence electrons. The minimum absolute atomic E-state index is 0.0448. The predicted molar refractivity (Wildman–Crippen MR) is 72.6 cm³/mol. The van der Waals surface area contributed by atoms with Crippen LogP contribution in [0.5, 0.6) is 0 Å². The molecule has 5 heteroatoms. The van der Waals surface area contributed by atoms with E-state index in [0.29, 0.717) is 18.0 Å². The van der Waals surface area contributed by atoms with Gasteiger partial charge >= 0.3 is 6.03 Å². The fourth-order valence-electron chi connectivity index (χ4n) is 1.56. The summed E-state index contributed by atoms with van der Waals surface area (Å²) in [6.07, 6.45) is 1.45. The molecule has 0 bridgehead atoms. The fourth-order valence-corrected chi connectivity index (χ4v) is 1.76. The van der Waals surface area contributed by atoms with E-state index in [1.165, 1.54) is 0 Å². The zero-order valence-electron chi connectivity index (χ0n) is 10.4. The molecule has 0 spiro atoms. The molecule has 18 heavy (non-hydrogen) atoms. The highest BCUT2D eigenvalue weighted by Gasteiger charge is 2.07. The molecule has 1 atom stereocenters. The summed E-state index contributed by atoms with van der Waals surface area (Å²) < 4.78 is 0. The van der Waals surface area contributed by atoms with Crippen molar-refractivity contribution in [1.29, 1.82) is 0 Å².